The zero-order valence-electron chi connectivity index (χ0n) is 11.9. The third-order valence-corrected chi connectivity index (χ3v) is 4.90. The lowest BCUT2D eigenvalue weighted by molar-refractivity contribution is 0.402. The second kappa shape index (κ2) is 6.17. The normalized spacial score (nSPS) is 11.6. The highest BCUT2D eigenvalue weighted by Crippen LogP contribution is 2.27. The van der Waals surface area contributed by atoms with Gasteiger partial charge in [0.2, 0.25) is 10.0 Å². The standard InChI is InChI=1S/C13H16BrN3O3S/c1-9-10(8-17(2)16-9)7-15-21(18,19)13-6-11(14)4-5-12(13)20-3/h4-6,8,15H,7H2,1-3H3. The Labute approximate surface area is 132 Å². The number of rotatable bonds is 5. The predicted molar refractivity (Wildman–Crippen MR) is 82.7 cm³/mol. The van der Waals surface area contributed by atoms with Gasteiger partial charge in [-0.25, -0.2) is 13.1 Å². The molecule has 0 radical (unpaired) electrons. The number of nitrogens with one attached hydrogen (secondary N) is 1. The monoisotopic (exact) mass is 373 g/mol. The van der Waals surface area contributed by atoms with Gasteiger partial charge < -0.3 is 4.74 Å². The average Bonchev–Trinajstić information content (AvgIpc) is 2.75. The Kier molecular flexibility index (Phi) is 4.70. The Morgan fingerprint density at radius 3 is 2.71 bits per heavy atom. The van der Waals surface area contributed by atoms with Crippen LogP contribution in [0.2, 0.25) is 0 Å². The van der Waals surface area contributed by atoms with Crippen molar-refractivity contribution >= 4 is 26.0 Å². The summed E-state index contributed by atoms with van der Waals surface area (Å²) in [4.78, 5) is 0.0981. The quantitative estimate of drug-likeness (QED) is 0.869. The Bertz CT molecular complexity index is 756. The van der Waals surface area contributed by atoms with Gasteiger partial charge >= 0.3 is 0 Å². The number of ether oxygens (including phenoxy) is 1. The lowest BCUT2D eigenvalue weighted by atomic mass is 10.3. The van der Waals surface area contributed by atoms with Crippen molar-refractivity contribution in [1.82, 2.24) is 14.5 Å². The van der Waals surface area contributed by atoms with Crippen LogP contribution in [0.15, 0.2) is 33.8 Å². The molecule has 0 amide bonds. The van der Waals surface area contributed by atoms with E-state index in [4.69, 9.17) is 4.74 Å². The molecule has 1 N–H and O–H groups in total. The fourth-order valence-electron chi connectivity index (χ4n) is 1.93. The van der Waals surface area contributed by atoms with Crippen molar-refractivity contribution in [3.63, 3.8) is 0 Å². The van der Waals surface area contributed by atoms with Crippen LogP contribution >= 0.6 is 15.9 Å². The minimum atomic E-state index is -3.67. The highest BCUT2D eigenvalue weighted by molar-refractivity contribution is 9.10. The number of aromatic nitrogens is 2. The van der Waals surface area contributed by atoms with Gasteiger partial charge in [-0.15, -0.1) is 0 Å². The van der Waals surface area contributed by atoms with Crippen molar-refractivity contribution in [3.05, 3.63) is 40.1 Å². The maximum atomic E-state index is 12.4. The van der Waals surface area contributed by atoms with Crippen LogP contribution in [-0.2, 0) is 23.6 Å². The number of hydrogen-bond donors (Lipinski definition) is 1. The first-order valence-electron chi connectivity index (χ1n) is 6.16. The molecule has 2 rings (SSSR count). The van der Waals surface area contributed by atoms with Crippen molar-refractivity contribution < 1.29 is 13.2 Å². The zero-order valence-corrected chi connectivity index (χ0v) is 14.3. The maximum Gasteiger partial charge on any atom is 0.244 e. The van der Waals surface area contributed by atoms with E-state index in [0.29, 0.717) is 10.2 Å². The Hall–Kier alpha value is -1.38. The molecule has 0 aliphatic heterocycles. The fraction of sp³-hybridized carbons (Fsp3) is 0.308. The van der Waals surface area contributed by atoms with Gasteiger partial charge in [0.25, 0.3) is 0 Å². The van der Waals surface area contributed by atoms with Gasteiger partial charge in [-0.1, -0.05) is 15.9 Å². The molecular weight excluding hydrogens is 358 g/mol. The Morgan fingerprint density at radius 2 is 2.14 bits per heavy atom. The molecule has 1 heterocycles. The molecular formula is C13H16BrN3O3S. The molecule has 1 aromatic heterocycles. The molecule has 0 saturated heterocycles. The van der Waals surface area contributed by atoms with Gasteiger partial charge in [0.05, 0.1) is 12.8 Å². The second-order valence-corrected chi connectivity index (χ2v) is 7.18. The second-order valence-electron chi connectivity index (χ2n) is 4.53. The summed E-state index contributed by atoms with van der Waals surface area (Å²) < 4.78 is 34.8. The molecule has 1 aromatic carbocycles. The van der Waals surface area contributed by atoms with Crippen molar-refractivity contribution in [1.29, 1.82) is 0 Å². The first-order valence-corrected chi connectivity index (χ1v) is 8.43. The molecule has 0 atom stereocenters. The van der Waals surface area contributed by atoms with Crippen LogP contribution < -0.4 is 9.46 Å². The van der Waals surface area contributed by atoms with E-state index >= 15 is 0 Å². The van der Waals surface area contributed by atoms with E-state index in [1.165, 1.54) is 13.2 Å². The van der Waals surface area contributed by atoms with Crippen molar-refractivity contribution in [3.8, 4) is 5.75 Å². The molecule has 0 bridgehead atoms. The van der Waals surface area contributed by atoms with Crippen molar-refractivity contribution in [2.45, 2.75) is 18.4 Å². The minimum Gasteiger partial charge on any atom is -0.495 e. The van der Waals surface area contributed by atoms with Gasteiger partial charge in [-0.05, 0) is 25.1 Å². The maximum absolute atomic E-state index is 12.4. The molecule has 21 heavy (non-hydrogen) atoms. The van der Waals surface area contributed by atoms with E-state index in [2.05, 4.69) is 25.8 Å². The van der Waals surface area contributed by atoms with Crippen LogP contribution in [0.3, 0.4) is 0 Å². The molecule has 0 aliphatic carbocycles. The molecule has 8 heteroatoms. The summed E-state index contributed by atoms with van der Waals surface area (Å²) in [5.41, 5.74) is 1.62. The topological polar surface area (TPSA) is 73.2 Å². The van der Waals surface area contributed by atoms with Crippen molar-refractivity contribution in [2.24, 2.45) is 7.05 Å². The van der Waals surface area contributed by atoms with E-state index in [0.717, 1.165) is 11.3 Å². The largest absolute Gasteiger partial charge is 0.495 e. The number of halogens is 1. The van der Waals surface area contributed by atoms with Gasteiger partial charge in [-0.3, -0.25) is 4.68 Å². The number of aryl methyl sites for hydroxylation is 2. The summed E-state index contributed by atoms with van der Waals surface area (Å²) in [5.74, 6) is 0.300. The third-order valence-electron chi connectivity index (χ3n) is 2.98. The number of benzene rings is 1. The summed E-state index contributed by atoms with van der Waals surface area (Å²) in [7, 11) is -0.441. The highest BCUT2D eigenvalue weighted by Gasteiger charge is 2.20. The number of methoxy groups -OCH3 is 1. The van der Waals surface area contributed by atoms with Crippen LogP contribution in [0.4, 0.5) is 0 Å². The molecule has 6 nitrogen and oxygen atoms in total. The van der Waals surface area contributed by atoms with Gasteiger partial charge in [0.15, 0.2) is 0 Å². The number of hydrogen-bond acceptors (Lipinski definition) is 4. The minimum absolute atomic E-state index is 0.0981. The van der Waals surface area contributed by atoms with E-state index < -0.39 is 10.0 Å². The lowest BCUT2D eigenvalue weighted by Crippen LogP contribution is -2.24. The Balaban J connectivity index is 2.26. The summed E-state index contributed by atoms with van der Waals surface area (Å²) in [6.45, 7) is 2.01. The smallest absolute Gasteiger partial charge is 0.244 e. The zero-order chi connectivity index (χ0) is 15.6. The molecule has 0 fully saturated rings. The van der Waals surface area contributed by atoms with E-state index in [1.807, 2.05) is 6.92 Å². The van der Waals surface area contributed by atoms with Crippen LogP contribution in [0.5, 0.6) is 5.75 Å². The van der Waals surface area contributed by atoms with Gasteiger partial charge in [-0.2, -0.15) is 5.10 Å². The van der Waals surface area contributed by atoms with E-state index in [1.54, 1.807) is 30.1 Å². The molecule has 0 saturated carbocycles. The van der Waals surface area contributed by atoms with E-state index in [9.17, 15) is 8.42 Å². The molecule has 114 valence electrons. The van der Waals surface area contributed by atoms with Crippen LogP contribution in [0.1, 0.15) is 11.3 Å². The summed E-state index contributed by atoms with van der Waals surface area (Å²) in [5, 5.41) is 4.18. The summed E-state index contributed by atoms with van der Waals surface area (Å²) in [6, 6.07) is 4.84. The first kappa shape index (κ1) is 16.0. The average molecular weight is 374 g/mol. The Morgan fingerprint density at radius 1 is 1.43 bits per heavy atom. The van der Waals surface area contributed by atoms with Crippen LogP contribution in [0, 0.1) is 6.92 Å². The molecule has 2 aromatic rings. The predicted octanol–water partition coefficient (Wildman–Crippen LogP) is 1.98. The number of sulfonamides is 1. The third kappa shape index (κ3) is 3.63. The molecule has 0 spiro atoms. The number of nitrogens with zero attached hydrogens (tertiary/aromatic N) is 2. The fourth-order valence-corrected chi connectivity index (χ4v) is 3.65. The molecule has 0 unspecified atom stereocenters. The van der Waals surface area contributed by atoms with Crippen molar-refractivity contribution in [2.75, 3.05) is 7.11 Å². The summed E-state index contributed by atoms with van der Waals surface area (Å²) in [6.07, 6.45) is 1.79. The van der Waals surface area contributed by atoms with Gasteiger partial charge in [0.1, 0.15) is 10.6 Å². The first-order chi connectivity index (χ1) is 9.83. The molecule has 0 aliphatic rings. The van der Waals surface area contributed by atoms with Crippen LogP contribution in [0.25, 0.3) is 0 Å². The van der Waals surface area contributed by atoms with E-state index in [-0.39, 0.29) is 11.4 Å². The van der Waals surface area contributed by atoms with Gasteiger partial charge in [0, 0.05) is 29.8 Å². The lowest BCUT2D eigenvalue weighted by Gasteiger charge is -2.11. The SMILES string of the molecule is COc1ccc(Br)cc1S(=O)(=O)NCc1cn(C)nc1C. The summed E-state index contributed by atoms with van der Waals surface area (Å²) >= 11 is 3.27. The highest BCUT2D eigenvalue weighted by atomic mass is 79.9. The van der Waals surface area contributed by atoms with Crippen LogP contribution in [-0.4, -0.2) is 25.3 Å².